The molecule has 106 valence electrons. The second-order valence-corrected chi connectivity index (χ2v) is 4.98. The van der Waals surface area contributed by atoms with Gasteiger partial charge in [-0.05, 0) is 19.9 Å². The van der Waals surface area contributed by atoms with Crippen molar-refractivity contribution in [3.05, 3.63) is 29.8 Å². The minimum Gasteiger partial charge on any atom is -0.496 e. The van der Waals surface area contributed by atoms with E-state index in [2.05, 4.69) is 0 Å². The Labute approximate surface area is 114 Å². The molecule has 0 aromatic heterocycles. The summed E-state index contributed by atoms with van der Waals surface area (Å²) >= 11 is 0. The molecule has 0 fully saturated rings. The second-order valence-electron chi connectivity index (χ2n) is 4.98. The summed E-state index contributed by atoms with van der Waals surface area (Å²) in [5.74, 6) is 0.514. The Bertz CT molecular complexity index is 427. The van der Waals surface area contributed by atoms with Crippen LogP contribution < -0.4 is 10.5 Å². The summed E-state index contributed by atoms with van der Waals surface area (Å²) in [5.41, 5.74) is 5.75. The second kappa shape index (κ2) is 6.54. The number of carbonyl (C=O) groups is 1. The van der Waals surface area contributed by atoms with Crippen LogP contribution in [0.15, 0.2) is 24.3 Å². The first kappa shape index (κ1) is 15.5. The normalized spacial score (nSPS) is 11.2. The number of benzene rings is 1. The molecule has 0 radical (unpaired) electrons. The van der Waals surface area contributed by atoms with Crippen LogP contribution in [0.5, 0.6) is 5.75 Å². The maximum absolute atomic E-state index is 12.2. The minimum absolute atomic E-state index is 0.100. The Morgan fingerprint density at radius 3 is 2.58 bits per heavy atom. The largest absolute Gasteiger partial charge is 0.496 e. The zero-order valence-corrected chi connectivity index (χ0v) is 11.7. The summed E-state index contributed by atoms with van der Waals surface area (Å²) in [6, 6.07) is 7.48. The number of aliphatic hydroxyl groups excluding tert-OH is 1. The smallest absolute Gasteiger partial charge is 0.242 e. The number of hydrogen-bond donors (Lipinski definition) is 2. The molecule has 1 aromatic carbocycles. The van der Waals surface area contributed by atoms with Gasteiger partial charge in [-0.15, -0.1) is 0 Å². The average molecular weight is 266 g/mol. The van der Waals surface area contributed by atoms with Gasteiger partial charge in [0, 0.05) is 18.7 Å². The first-order valence-electron chi connectivity index (χ1n) is 6.21. The van der Waals surface area contributed by atoms with E-state index in [-0.39, 0.29) is 19.1 Å². The summed E-state index contributed by atoms with van der Waals surface area (Å²) in [4.78, 5) is 13.7. The number of aliphatic hydroxyl groups is 1. The molecule has 0 atom stereocenters. The molecule has 1 rings (SSSR count). The topological polar surface area (TPSA) is 75.8 Å². The summed E-state index contributed by atoms with van der Waals surface area (Å²) in [6.07, 6.45) is 0. The van der Waals surface area contributed by atoms with Gasteiger partial charge in [0.2, 0.25) is 5.91 Å². The van der Waals surface area contributed by atoms with Crippen LogP contribution in [0.1, 0.15) is 19.4 Å². The van der Waals surface area contributed by atoms with Crippen molar-refractivity contribution in [2.75, 3.05) is 20.3 Å². The summed E-state index contributed by atoms with van der Waals surface area (Å²) in [7, 11) is 1.59. The molecule has 1 aromatic rings. The van der Waals surface area contributed by atoms with Crippen molar-refractivity contribution in [3.8, 4) is 5.75 Å². The fourth-order valence-electron chi connectivity index (χ4n) is 1.82. The van der Waals surface area contributed by atoms with Crippen molar-refractivity contribution in [1.29, 1.82) is 0 Å². The van der Waals surface area contributed by atoms with Crippen molar-refractivity contribution in [1.82, 2.24) is 4.90 Å². The van der Waals surface area contributed by atoms with Crippen molar-refractivity contribution in [2.45, 2.75) is 25.9 Å². The monoisotopic (exact) mass is 266 g/mol. The van der Waals surface area contributed by atoms with Crippen LogP contribution >= 0.6 is 0 Å². The van der Waals surface area contributed by atoms with E-state index in [1.807, 2.05) is 24.3 Å². The van der Waals surface area contributed by atoms with Crippen LogP contribution in [0.3, 0.4) is 0 Å². The molecule has 0 saturated carbocycles. The minimum atomic E-state index is -0.961. The summed E-state index contributed by atoms with van der Waals surface area (Å²) in [6.45, 7) is 3.82. The third-order valence-corrected chi connectivity index (χ3v) is 2.76. The van der Waals surface area contributed by atoms with Gasteiger partial charge in [-0.1, -0.05) is 18.2 Å². The molecule has 19 heavy (non-hydrogen) atoms. The highest BCUT2D eigenvalue weighted by Gasteiger charge is 2.28. The predicted octanol–water partition coefficient (Wildman–Crippen LogP) is 0.753. The first-order valence-corrected chi connectivity index (χ1v) is 6.21. The third-order valence-electron chi connectivity index (χ3n) is 2.76. The molecule has 3 N–H and O–H groups in total. The van der Waals surface area contributed by atoms with Crippen molar-refractivity contribution in [2.24, 2.45) is 5.73 Å². The molecule has 0 unspecified atom stereocenters. The zero-order valence-electron chi connectivity index (χ0n) is 11.7. The van der Waals surface area contributed by atoms with Gasteiger partial charge in [-0.25, -0.2) is 0 Å². The number of carbonyl (C=O) groups excluding carboxylic acids is 1. The average Bonchev–Trinajstić information content (AvgIpc) is 2.37. The van der Waals surface area contributed by atoms with Crippen LogP contribution in [-0.2, 0) is 11.3 Å². The zero-order chi connectivity index (χ0) is 14.5. The van der Waals surface area contributed by atoms with Gasteiger partial charge in [0.25, 0.3) is 0 Å². The fraction of sp³-hybridized carbons (Fsp3) is 0.500. The molecule has 0 aliphatic carbocycles. The lowest BCUT2D eigenvalue weighted by molar-refractivity contribution is -0.137. The lowest BCUT2D eigenvalue weighted by atomic mass is 10.0. The Morgan fingerprint density at radius 2 is 2.05 bits per heavy atom. The summed E-state index contributed by atoms with van der Waals surface area (Å²) in [5, 5.41) is 9.09. The number of amides is 1. The van der Waals surface area contributed by atoms with E-state index >= 15 is 0 Å². The number of methoxy groups -OCH3 is 1. The quantitative estimate of drug-likeness (QED) is 0.797. The molecule has 1 amide bonds. The van der Waals surface area contributed by atoms with Gasteiger partial charge < -0.3 is 20.5 Å². The Kier molecular flexibility index (Phi) is 5.32. The molecular weight excluding hydrogens is 244 g/mol. The van der Waals surface area contributed by atoms with E-state index in [0.29, 0.717) is 12.3 Å². The van der Waals surface area contributed by atoms with E-state index in [1.165, 1.54) is 4.90 Å². The van der Waals surface area contributed by atoms with Crippen LogP contribution in [0, 0.1) is 0 Å². The van der Waals surface area contributed by atoms with E-state index in [1.54, 1.807) is 21.0 Å². The molecule has 0 aliphatic heterocycles. The van der Waals surface area contributed by atoms with Crippen LogP contribution in [0.4, 0.5) is 0 Å². The Morgan fingerprint density at radius 1 is 1.42 bits per heavy atom. The number of para-hydroxylation sites is 1. The van der Waals surface area contributed by atoms with Gasteiger partial charge in [-0.2, -0.15) is 0 Å². The Balaban J connectivity index is 2.93. The summed E-state index contributed by atoms with van der Waals surface area (Å²) < 4.78 is 5.26. The van der Waals surface area contributed by atoms with E-state index < -0.39 is 5.54 Å². The highest BCUT2D eigenvalue weighted by atomic mass is 16.5. The van der Waals surface area contributed by atoms with Crippen molar-refractivity contribution < 1.29 is 14.6 Å². The highest BCUT2D eigenvalue weighted by Crippen LogP contribution is 2.20. The van der Waals surface area contributed by atoms with E-state index in [0.717, 1.165) is 5.56 Å². The maximum atomic E-state index is 12.2. The predicted molar refractivity (Wildman–Crippen MR) is 73.8 cm³/mol. The van der Waals surface area contributed by atoms with Crippen LogP contribution in [0.25, 0.3) is 0 Å². The van der Waals surface area contributed by atoms with Crippen molar-refractivity contribution >= 4 is 5.91 Å². The van der Waals surface area contributed by atoms with E-state index in [9.17, 15) is 4.79 Å². The van der Waals surface area contributed by atoms with Gasteiger partial charge in [0.1, 0.15) is 5.75 Å². The lowest BCUT2D eigenvalue weighted by Gasteiger charge is -2.29. The van der Waals surface area contributed by atoms with Crippen LogP contribution in [-0.4, -0.2) is 41.7 Å². The number of nitrogens with two attached hydrogens (primary N) is 1. The molecule has 0 saturated heterocycles. The molecule has 0 heterocycles. The van der Waals surface area contributed by atoms with Crippen molar-refractivity contribution in [3.63, 3.8) is 0 Å². The molecule has 0 aliphatic rings. The van der Waals surface area contributed by atoms with Gasteiger partial charge in [0.05, 0.1) is 19.3 Å². The molecule has 5 heteroatoms. The SMILES string of the molecule is COc1ccccc1CN(CCO)C(=O)C(C)(C)N. The number of nitrogens with zero attached hydrogens (tertiary/aromatic N) is 1. The van der Waals surface area contributed by atoms with Gasteiger partial charge >= 0.3 is 0 Å². The third kappa shape index (κ3) is 4.22. The maximum Gasteiger partial charge on any atom is 0.242 e. The van der Waals surface area contributed by atoms with Gasteiger partial charge in [-0.3, -0.25) is 4.79 Å². The van der Waals surface area contributed by atoms with Crippen LogP contribution in [0.2, 0.25) is 0 Å². The molecule has 0 bridgehead atoms. The molecular formula is C14H22N2O3. The van der Waals surface area contributed by atoms with E-state index in [4.69, 9.17) is 15.6 Å². The molecule has 5 nitrogen and oxygen atoms in total. The Hall–Kier alpha value is -1.59. The fourth-order valence-corrected chi connectivity index (χ4v) is 1.82. The first-order chi connectivity index (χ1) is 8.90. The van der Waals surface area contributed by atoms with Gasteiger partial charge in [0.15, 0.2) is 0 Å². The standard InChI is InChI=1S/C14H22N2O3/c1-14(2,15)13(18)16(8-9-17)10-11-6-4-5-7-12(11)19-3/h4-7,17H,8-10,15H2,1-3H3. The number of hydrogen-bond acceptors (Lipinski definition) is 4. The molecule has 0 spiro atoms. The lowest BCUT2D eigenvalue weighted by Crippen LogP contribution is -2.51. The number of ether oxygens (including phenoxy) is 1. The number of rotatable bonds is 6. The highest BCUT2D eigenvalue weighted by molar-refractivity contribution is 5.85.